The number of carbonyl (C=O) groups excluding carboxylic acids is 1. The van der Waals surface area contributed by atoms with Gasteiger partial charge in [0.25, 0.3) is 5.91 Å². The number of rotatable bonds is 4. The number of aromatic nitrogens is 1. The van der Waals surface area contributed by atoms with Crippen LogP contribution < -0.4 is 16.6 Å². The minimum Gasteiger partial charge on any atom is -0.347 e. The van der Waals surface area contributed by atoms with Crippen LogP contribution in [-0.2, 0) is 0 Å². The van der Waals surface area contributed by atoms with Crippen molar-refractivity contribution in [2.75, 3.05) is 5.43 Å². The van der Waals surface area contributed by atoms with E-state index in [4.69, 9.17) is 5.84 Å². The summed E-state index contributed by atoms with van der Waals surface area (Å²) in [6, 6.07) is 3.40. The molecule has 0 spiro atoms. The van der Waals surface area contributed by atoms with Gasteiger partial charge in [0, 0.05) is 16.8 Å². The third kappa shape index (κ3) is 5.17. The zero-order chi connectivity index (χ0) is 15.6. The van der Waals surface area contributed by atoms with E-state index in [0.29, 0.717) is 11.4 Å². The molecule has 0 aliphatic carbocycles. The van der Waals surface area contributed by atoms with Crippen molar-refractivity contribution in [2.45, 2.75) is 53.5 Å². The first kappa shape index (κ1) is 16.4. The van der Waals surface area contributed by atoms with Crippen molar-refractivity contribution in [3.05, 3.63) is 23.4 Å². The van der Waals surface area contributed by atoms with Gasteiger partial charge in [-0.2, -0.15) is 0 Å². The van der Waals surface area contributed by atoms with E-state index < -0.39 is 0 Å². The van der Waals surface area contributed by atoms with Gasteiger partial charge >= 0.3 is 0 Å². The molecule has 1 rings (SSSR count). The molecule has 0 radical (unpaired) electrons. The predicted molar refractivity (Wildman–Crippen MR) is 82.4 cm³/mol. The number of aryl methyl sites for hydroxylation is 1. The SMILES string of the molecule is Cc1cc(C(=O)NC(C)(C)CC(C)(C)C)cc(NN)n1. The highest BCUT2D eigenvalue weighted by Crippen LogP contribution is 2.27. The number of hydrogen-bond donors (Lipinski definition) is 3. The molecule has 0 atom stereocenters. The molecule has 1 amide bonds. The topological polar surface area (TPSA) is 80.0 Å². The maximum atomic E-state index is 12.4. The summed E-state index contributed by atoms with van der Waals surface area (Å²) in [5.41, 5.74) is 3.66. The summed E-state index contributed by atoms with van der Waals surface area (Å²) in [6.07, 6.45) is 0.887. The van der Waals surface area contributed by atoms with Gasteiger partial charge in [0.05, 0.1) is 0 Å². The monoisotopic (exact) mass is 278 g/mol. The molecule has 0 aromatic carbocycles. The summed E-state index contributed by atoms with van der Waals surface area (Å²) >= 11 is 0. The standard InChI is InChI=1S/C15H26N4O/c1-10-7-11(8-12(17-10)19-16)13(20)18-15(5,6)9-14(2,3)4/h7-8H,9,16H2,1-6H3,(H,17,19)(H,18,20). The van der Waals surface area contributed by atoms with Gasteiger partial charge in [0.15, 0.2) is 0 Å². The van der Waals surface area contributed by atoms with Crippen LogP contribution in [0.2, 0.25) is 0 Å². The Morgan fingerprint density at radius 1 is 1.25 bits per heavy atom. The van der Waals surface area contributed by atoms with Crippen molar-refractivity contribution in [3.8, 4) is 0 Å². The molecule has 1 aromatic rings. The number of nitrogens with one attached hydrogen (secondary N) is 2. The van der Waals surface area contributed by atoms with Gasteiger partial charge in [0.2, 0.25) is 0 Å². The van der Waals surface area contributed by atoms with Gasteiger partial charge in [-0.25, -0.2) is 10.8 Å². The quantitative estimate of drug-likeness (QED) is 0.584. The lowest BCUT2D eigenvalue weighted by atomic mass is 9.81. The molecule has 5 nitrogen and oxygen atoms in total. The van der Waals surface area contributed by atoms with Crippen LogP contribution in [-0.4, -0.2) is 16.4 Å². The van der Waals surface area contributed by atoms with Gasteiger partial charge in [-0.1, -0.05) is 20.8 Å². The molecule has 4 N–H and O–H groups in total. The predicted octanol–water partition coefficient (Wildman–Crippen LogP) is 2.62. The minimum absolute atomic E-state index is 0.110. The first-order chi connectivity index (χ1) is 9.02. The van der Waals surface area contributed by atoms with Crippen LogP contribution in [0, 0.1) is 12.3 Å². The van der Waals surface area contributed by atoms with E-state index >= 15 is 0 Å². The Morgan fingerprint density at radius 3 is 2.35 bits per heavy atom. The molecular formula is C15H26N4O. The Balaban J connectivity index is 2.88. The molecule has 112 valence electrons. The minimum atomic E-state index is -0.275. The molecule has 0 saturated heterocycles. The lowest BCUT2D eigenvalue weighted by molar-refractivity contribution is 0.0891. The Kier molecular flexibility index (Phi) is 4.76. The van der Waals surface area contributed by atoms with Crippen molar-refractivity contribution in [2.24, 2.45) is 11.3 Å². The largest absolute Gasteiger partial charge is 0.347 e. The van der Waals surface area contributed by atoms with E-state index in [9.17, 15) is 4.79 Å². The van der Waals surface area contributed by atoms with Crippen molar-refractivity contribution in [3.63, 3.8) is 0 Å². The van der Waals surface area contributed by atoms with Crippen LogP contribution >= 0.6 is 0 Å². The van der Waals surface area contributed by atoms with Crippen LogP contribution in [0.15, 0.2) is 12.1 Å². The summed E-state index contributed by atoms with van der Waals surface area (Å²) in [6.45, 7) is 12.4. The van der Waals surface area contributed by atoms with E-state index in [1.807, 2.05) is 20.8 Å². The molecule has 1 heterocycles. The average molecular weight is 278 g/mol. The Labute approximate surface area is 121 Å². The first-order valence-electron chi connectivity index (χ1n) is 6.80. The number of nitrogen functional groups attached to an aromatic ring is 1. The van der Waals surface area contributed by atoms with Crippen molar-refractivity contribution >= 4 is 11.7 Å². The fourth-order valence-corrected chi connectivity index (χ4v) is 2.62. The van der Waals surface area contributed by atoms with Crippen molar-refractivity contribution in [1.29, 1.82) is 0 Å². The van der Waals surface area contributed by atoms with Gasteiger partial charge in [-0.15, -0.1) is 0 Å². The van der Waals surface area contributed by atoms with Crippen LogP contribution in [0.3, 0.4) is 0 Å². The smallest absolute Gasteiger partial charge is 0.251 e. The number of pyridine rings is 1. The van der Waals surface area contributed by atoms with Crippen molar-refractivity contribution < 1.29 is 4.79 Å². The number of nitrogens with zero attached hydrogens (tertiary/aromatic N) is 1. The molecule has 20 heavy (non-hydrogen) atoms. The highest BCUT2D eigenvalue weighted by atomic mass is 16.1. The van der Waals surface area contributed by atoms with E-state index in [1.165, 1.54) is 0 Å². The normalized spacial score (nSPS) is 12.2. The molecule has 1 aromatic heterocycles. The van der Waals surface area contributed by atoms with Crippen LogP contribution in [0.4, 0.5) is 5.82 Å². The third-order valence-corrected chi connectivity index (χ3v) is 2.79. The Morgan fingerprint density at radius 2 is 1.85 bits per heavy atom. The number of anilines is 1. The van der Waals surface area contributed by atoms with E-state index in [2.05, 4.69) is 36.5 Å². The molecule has 0 bridgehead atoms. The molecule has 5 heteroatoms. The number of hydrazine groups is 1. The molecule has 0 unspecified atom stereocenters. The van der Waals surface area contributed by atoms with E-state index in [-0.39, 0.29) is 16.9 Å². The van der Waals surface area contributed by atoms with Gasteiger partial charge in [-0.05, 0) is 44.7 Å². The number of amides is 1. The summed E-state index contributed by atoms with van der Waals surface area (Å²) in [5, 5.41) is 3.07. The van der Waals surface area contributed by atoms with Gasteiger partial charge in [-0.3, -0.25) is 4.79 Å². The first-order valence-corrected chi connectivity index (χ1v) is 6.80. The molecule has 0 aliphatic heterocycles. The van der Waals surface area contributed by atoms with E-state index in [0.717, 1.165) is 12.1 Å². The van der Waals surface area contributed by atoms with Gasteiger partial charge < -0.3 is 10.7 Å². The number of carbonyl (C=O) groups is 1. The maximum Gasteiger partial charge on any atom is 0.251 e. The molecule has 0 saturated carbocycles. The Hall–Kier alpha value is -1.62. The van der Waals surface area contributed by atoms with Crippen LogP contribution in [0.5, 0.6) is 0 Å². The molecule has 0 aliphatic rings. The average Bonchev–Trinajstić information content (AvgIpc) is 2.23. The zero-order valence-electron chi connectivity index (χ0n) is 13.3. The van der Waals surface area contributed by atoms with Crippen molar-refractivity contribution in [1.82, 2.24) is 10.3 Å². The second-order valence-corrected chi connectivity index (χ2v) is 7.10. The summed E-state index contributed by atoms with van der Waals surface area (Å²) in [5.74, 6) is 5.73. The second kappa shape index (κ2) is 5.79. The highest BCUT2D eigenvalue weighted by Gasteiger charge is 2.27. The summed E-state index contributed by atoms with van der Waals surface area (Å²) in [7, 11) is 0. The molecular weight excluding hydrogens is 252 g/mol. The lowest BCUT2D eigenvalue weighted by Gasteiger charge is -2.33. The number of hydrogen-bond acceptors (Lipinski definition) is 4. The van der Waals surface area contributed by atoms with Crippen LogP contribution in [0.25, 0.3) is 0 Å². The highest BCUT2D eigenvalue weighted by molar-refractivity contribution is 5.95. The fraction of sp³-hybridized carbons (Fsp3) is 0.600. The summed E-state index contributed by atoms with van der Waals surface area (Å²) < 4.78 is 0. The maximum absolute atomic E-state index is 12.4. The second-order valence-electron chi connectivity index (χ2n) is 7.10. The van der Waals surface area contributed by atoms with E-state index in [1.54, 1.807) is 12.1 Å². The van der Waals surface area contributed by atoms with Crippen LogP contribution in [0.1, 0.15) is 57.1 Å². The fourth-order valence-electron chi connectivity index (χ4n) is 2.62. The Bertz CT molecular complexity index is 489. The molecule has 0 fully saturated rings. The van der Waals surface area contributed by atoms with Gasteiger partial charge in [0.1, 0.15) is 5.82 Å². The number of nitrogens with two attached hydrogens (primary N) is 1. The zero-order valence-corrected chi connectivity index (χ0v) is 13.3. The summed E-state index contributed by atoms with van der Waals surface area (Å²) in [4.78, 5) is 16.5. The lowest BCUT2D eigenvalue weighted by Crippen LogP contribution is -2.45. The third-order valence-electron chi connectivity index (χ3n) is 2.79.